The Morgan fingerprint density at radius 2 is 1.95 bits per heavy atom. The van der Waals surface area contributed by atoms with E-state index in [-0.39, 0.29) is 18.2 Å². The Bertz CT molecular complexity index is 1510. The quantitative estimate of drug-likeness (QED) is 0.140. The summed E-state index contributed by atoms with van der Waals surface area (Å²) in [6.07, 6.45) is 8.17. The number of aliphatic imine (C=N–C) groups is 1. The van der Waals surface area contributed by atoms with E-state index in [0.717, 1.165) is 35.2 Å². The average Bonchev–Trinajstić information content (AvgIpc) is 3.60. The summed E-state index contributed by atoms with van der Waals surface area (Å²) in [4.78, 5) is 16.1. The molecule has 0 spiro atoms. The molecule has 0 radical (unpaired) electrons. The van der Waals surface area contributed by atoms with E-state index >= 15 is 0 Å². The standard InChI is InChI=1S/C29H30ClN5O4/c1-2-38-27(37)17-39-22-10-7-18(8-11-22)19-13-26-28(33-20-5-3-4-6-20)23(15-32-35(26)16-19)29(31)34-25-12-9-21(36)14-24(25)30/h7-16,20,33,36H,2-6,17H2,1H3,(H2,31,34). The van der Waals surface area contributed by atoms with Crippen molar-refractivity contribution in [2.24, 2.45) is 10.7 Å². The van der Waals surface area contributed by atoms with Crippen molar-refractivity contribution in [3.05, 3.63) is 71.5 Å². The number of nitrogens with one attached hydrogen (secondary N) is 1. The lowest BCUT2D eigenvalue weighted by atomic mass is 10.1. The van der Waals surface area contributed by atoms with Gasteiger partial charge in [0.2, 0.25) is 0 Å². The van der Waals surface area contributed by atoms with E-state index in [2.05, 4.69) is 21.5 Å². The number of phenolic OH excluding ortho intramolecular Hbond substituents is 1. The number of ether oxygens (including phenoxy) is 2. The number of rotatable bonds is 9. The van der Waals surface area contributed by atoms with Crippen molar-refractivity contribution in [3.8, 4) is 22.6 Å². The van der Waals surface area contributed by atoms with Gasteiger partial charge in [-0.2, -0.15) is 5.10 Å². The number of nitrogens with zero attached hydrogens (tertiary/aromatic N) is 3. The first-order chi connectivity index (χ1) is 18.9. The Hall–Kier alpha value is -4.24. The predicted molar refractivity (Wildman–Crippen MR) is 152 cm³/mol. The van der Waals surface area contributed by atoms with Gasteiger partial charge in [0.1, 0.15) is 17.3 Å². The molecule has 4 N–H and O–H groups in total. The number of halogens is 1. The van der Waals surface area contributed by atoms with Crippen LogP contribution in [0, 0.1) is 0 Å². The molecule has 4 aromatic rings. The fraction of sp³-hybridized carbons (Fsp3) is 0.276. The molecular weight excluding hydrogens is 518 g/mol. The highest BCUT2D eigenvalue weighted by molar-refractivity contribution is 6.33. The molecule has 2 aromatic carbocycles. The number of benzene rings is 2. The summed E-state index contributed by atoms with van der Waals surface area (Å²) in [5.74, 6) is 0.504. The van der Waals surface area contributed by atoms with Crippen LogP contribution in [0.1, 0.15) is 38.2 Å². The molecule has 39 heavy (non-hydrogen) atoms. The van der Waals surface area contributed by atoms with Crippen molar-refractivity contribution in [2.45, 2.75) is 38.6 Å². The Morgan fingerprint density at radius 3 is 2.67 bits per heavy atom. The summed E-state index contributed by atoms with van der Waals surface area (Å²) in [5.41, 5.74) is 11.3. The van der Waals surface area contributed by atoms with Gasteiger partial charge < -0.3 is 25.6 Å². The zero-order valence-corrected chi connectivity index (χ0v) is 22.3. The van der Waals surface area contributed by atoms with E-state index in [1.165, 1.54) is 25.0 Å². The number of hydrogen-bond donors (Lipinski definition) is 3. The highest BCUT2D eigenvalue weighted by Gasteiger charge is 2.21. The van der Waals surface area contributed by atoms with Gasteiger partial charge in [-0.15, -0.1) is 0 Å². The van der Waals surface area contributed by atoms with Crippen LogP contribution in [0.2, 0.25) is 5.02 Å². The van der Waals surface area contributed by atoms with Crippen molar-refractivity contribution in [3.63, 3.8) is 0 Å². The number of carbonyl (C=O) groups is 1. The zero-order valence-electron chi connectivity index (χ0n) is 21.6. The number of amidine groups is 1. The molecule has 0 atom stereocenters. The third-order valence-electron chi connectivity index (χ3n) is 6.64. The van der Waals surface area contributed by atoms with Gasteiger partial charge in [-0.3, -0.25) is 0 Å². The van der Waals surface area contributed by atoms with Crippen molar-refractivity contribution in [2.75, 3.05) is 18.5 Å². The number of nitrogens with two attached hydrogens (primary N) is 1. The van der Waals surface area contributed by atoms with Gasteiger partial charge in [-0.25, -0.2) is 14.3 Å². The Balaban J connectivity index is 1.48. The molecule has 0 aliphatic heterocycles. The number of carbonyl (C=O) groups excluding carboxylic acids is 1. The molecule has 0 unspecified atom stereocenters. The fourth-order valence-corrected chi connectivity index (χ4v) is 4.92. The molecule has 202 valence electrons. The van der Waals surface area contributed by atoms with E-state index in [9.17, 15) is 9.90 Å². The number of hydrogen-bond acceptors (Lipinski definition) is 7. The number of aromatic nitrogens is 2. The lowest BCUT2D eigenvalue weighted by molar-refractivity contribution is -0.145. The summed E-state index contributed by atoms with van der Waals surface area (Å²) in [6, 6.07) is 14.5. The third-order valence-corrected chi connectivity index (χ3v) is 6.94. The van der Waals surface area contributed by atoms with Gasteiger partial charge in [0.15, 0.2) is 6.61 Å². The van der Waals surface area contributed by atoms with Gasteiger partial charge in [0.25, 0.3) is 0 Å². The van der Waals surface area contributed by atoms with Gasteiger partial charge in [-0.05, 0) is 55.7 Å². The molecule has 5 rings (SSSR count). The summed E-state index contributed by atoms with van der Waals surface area (Å²) in [6.45, 7) is 1.94. The van der Waals surface area contributed by atoms with Crippen molar-refractivity contribution >= 4 is 40.3 Å². The molecule has 2 heterocycles. The van der Waals surface area contributed by atoms with E-state index < -0.39 is 5.97 Å². The maximum atomic E-state index is 11.6. The van der Waals surface area contributed by atoms with Crippen LogP contribution in [-0.4, -0.2) is 45.8 Å². The van der Waals surface area contributed by atoms with Crippen LogP contribution in [0.15, 0.2) is 65.9 Å². The molecule has 1 saturated carbocycles. The van der Waals surface area contributed by atoms with Crippen LogP contribution < -0.4 is 15.8 Å². The van der Waals surface area contributed by atoms with E-state index in [4.69, 9.17) is 26.8 Å². The van der Waals surface area contributed by atoms with E-state index in [0.29, 0.717) is 34.7 Å². The topological polar surface area (TPSA) is 123 Å². The molecule has 0 amide bonds. The molecule has 1 fully saturated rings. The van der Waals surface area contributed by atoms with Crippen molar-refractivity contribution in [1.82, 2.24) is 9.61 Å². The smallest absolute Gasteiger partial charge is 0.344 e. The van der Waals surface area contributed by atoms with E-state index in [1.807, 2.05) is 35.0 Å². The second-order valence-electron chi connectivity index (χ2n) is 9.37. The molecule has 9 nitrogen and oxygen atoms in total. The minimum atomic E-state index is -0.403. The molecule has 1 aliphatic carbocycles. The number of fused-ring (bicyclic) bond motifs is 1. The summed E-state index contributed by atoms with van der Waals surface area (Å²) in [5, 5.41) is 18.3. The minimum absolute atomic E-state index is 0.0588. The first kappa shape index (κ1) is 26.4. The largest absolute Gasteiger partial charge is 0.508 e. The predicted octanol–water partition coefficient (Wildman–Crippen LogP) is 5.69. The fourth-order valence-electron chi connectivity index (χ4n) is 4.70. The Labute approximate surface area is 231 Å². The lowest BCUT2D eigenvalue weighted by Crippen LogP contribution is -2.22. The first-order valence-corrected chi connectivity index (χ1v) is 13.3. The zero-order chi connectivity index (χ0) is 27.4. The first-order valence-electron chi connectivity index (χ1n) is 12.9. The lowest BCUT2D eigenvalue weighted by Gasteiger charge is -2.18. The number of esters is 1. The molecule has 2 aromatic heterocycles. The second-order valence-corrected chi connectivity index (χ2v) is 9.78. The van der Waals surface area contributed by atoms with Gasteiger partial charge in [0.05, 0.1) is 40.3 Å². The van der Waals surface area contributed by atoms with Crippen LogP contribution in [0.3, 0.4) is 0 Å². The minimum Gasteiger partial charge on any atom is -0.508 e. The highest BCUT2D eigenvalue weighted by atomic mass is 35.5. The maximum absolute atomic E-state index is 11.6. The summed E-state index contributed by atoms with van der Waals surface area (Å²) >= 11 is 6.28. The van der Waals surface area contributed by atoms with Crippen molar-refractivity contribution < 1.29 is 19.4 Å². The number of anilines is 1. The van der Waals surface area contributed by atoms with Gasteiger partial charge in [0, 0.05) is 23.9 Å². The van der Waals surface area contributed by atoms with Crippen molar-refractivity contribution in [1.29, 1.82) is 0 Å². The maximum Gasteiger partial charge on any atom is 0.344 e. The molecule has 0 saturated heterocycles. The van der Waals surface area contributed by atoms with Crippen LogP contribution in [-0.2, 0) is 9.53 Å². The Morgan fingerprint density at radius 1 is 1.18 bits per heavy atom. The number of aromatic hydroxyl groups is 1. The highest BCUT2D eigenvalue weighted by Crippen LogP contribution is 2.33. The SMILES string of the molecule is CCOC(=O)COc1ccc(-c2cc3c(NC4CCCC4)c(C(N)=Nc4ccc(O)cc4Cl)cnn3c2)cc1. The molecule has 10 heteroatoms. The van der Waals surface area contributed by atoms with Crippen LogP contribution in [0.25, 0.3) is 16.6 Å². The Kier molecular flexibility index (Phi) is 7.88. The third kappa shape index (κ3) is 6.09. The summed E-state index contributed by atoms with van der Waals surface area (Å²) in [7, 11) is 0. The second kappa shape index (κ2) is 11.7. The van der Waals surface area contributed by atoms with Crippen LogP contribution in [0.4, 0.5) is 11.4 Å². The number of phenols is 1. The normalized spacial score (nSPS) is 14.1. The van der Waals surface area contributed by atoms with Crippen LogP contribution in [0.5, 0.6) is 11.5 Å². The van der Waals surface area contributed by atoms with E-state index in [1.54, 1.807) is 19.2 Å². The monoisotopic (exact) mass is 547 g/mol. The molecular formula is C29H30ClN5O4. The average molecular weight is 548 g/mol. The molecule has 0 bridgehead atoms. The van der Waals surface area contributed by atoms with Gasteiger partial charge >= 0.3 is 5.97 Å². The van der Waals surface area contributed by atoms with Crippen LogP contribution >= 0.6 is 11.6 Å². The summed E-state index contributed by atoms with van der Waals surface area (Å²) < 4.78 is 12.2. The van der Waals surface area contributed by atoms with Gasteiger partial charge in [-0.1, -0.05) is 36.6 Å². The molecule has 1 aliphatic rings.